The second kappa shape index (κ2) is 12.4. The first-order valence-corrected chi connectivity index (χ1v) is 10.8. The summed E-state index contributed by atoms with van der Waals surface area (Å²) < 4.78 is 13.0. The Kier molecular flexibility index (Phi) is 10.3. The highest BCUT2D eigenvalue weighted by Crippen LogP contribution is 2.26. The molecule has 0 radical (unpaired) electrons. The number of rotatable bonds is 6. The Hall–Kier alpha value is -1.42. The number of halogens is 2. The van der Waals surface area contributed by atoms with Crippen molar-refractivity contribution in [3.05, 3.63) is 35.6 Å². The van der Waals surface area contributed by atoms with Crippen molar-refractivity contribution < 1.29 is 14.3 Å². The van der Waals surface area contributed by atoms with E-state index in [1.165, 1.54) is 31.4 Å². The maximum absolute atomic E-state index is 13.0. The molecule has 168 valence electrons. The average Bonchev–Trinajstić information content (AvgIpc) is 3.21. The summed E-state index contributed by atoms with van der Waals surface area (Å²) in [5.41, 5.74) is 0.635. The third-order valence-corrected chi connectivity index (χ3v) is 5.82. The molecule has 1 aliphatic carbocycles. The quantitative estimate of drug-likeness (QED) is 0.299. The van der Waals surface area contributed by atoms with Crippen LogP contribution in [0.4, 0.5) is 4.39 Å². The van der Waals surface area contributed by atoms with Gasteiger partial charge in [0.1, 0.15) is 5.82 Å². The molecule has 3 rings (SSSR count). The molecule has 0 bridgehead atoms. The molecular weight excluding hydrogens is 498 g/mol. The number of aliphatic hydroxyl groups is 1. The van der Waals surface area contributed by atoms with Crippen molar-refractivity contribution in [2.24, 2.45) is 10.9 Å². The molecule has 3 N–H and O–H groups in total. The molecule has 1 aromatic rings. The Morgan fingerprint density at radius 2 is 1.93 bits per heavy atom. The topological polar surface area (TPSA) is 77.0 Å². The van der Waals surface area contributed by atoms with Crippen molar-refractivity contribution in [3.8, 4) is 0 Å². The van der Waals surface area contributed by atoms with E-state index in [0.717, 1.165) is 25.8 Å². The van der Waals surface area contributed by atoms with Crippen LogP contribution in [0.25, 0.3) is 0 Å². The number of carbonyl (C=O) groups excluding carboxylic acids is 1. The number of benzene rings is 1. The summed E-state index contributed by atoms with van der Waals surface area (Å²) >= 11 is 0. The van der Waals surface area contributed by atoms with Gasteiger partial charge in [0.15, 0.2) is 5.96 Å². The molecule has 6 nitrogen and oxygen atoms in total. The normalized spacial score (nSPS) is 21.1. The van der Waals surface area contributed by atoms with Crippen molar-refractivity contribution in [2.75, 3.05) is 26.2 Å². The van der Waals surface area contributed by atoms with Crippen molar-refractivity contribution in [3.63, 3.8) is 0 Å². The van der Waals surface area contributed by atoms with E-state index < -0.39 is 6.10 Å². The summed E-state index contributed by atoms with van der Waals surface area (Å²) in [6, 6.07) is 5.97. The van der Waals surface area contributed by atoms with Crippen molar-refractivity contribution in [1.82, 2.24) is 15.5 Å². The van der Waals surface area contributed by atoms with Crippen LogP contribution in [0.5, 0.6) is 0 Å². The van der Waals surface area contributed by atoms with Gasteiger partial charge >= 0.3 is 0 Å². The number of amides is 1. The minimum absolute atomic E-state index is 0. The zero-order valence-electron chi connectivity index (χ0n) is 17.6. The molecule has 1 aliphatic heterocycles. The van der Waals surface area contributed by atoms with Crippen LogP contribution in [0.2, 0.25) is 0 Å². The van der Waals surface area contributed by atoms with Crippen LogP contribution in [0, 0.1) is 11.7 Å². The smallest absolute Gasteiger partial charge is 0.225 e. The van der Waals surface area contributed by atoms with E-state index in [2.05, 4.69) is 15.6 Å². The van der Waals surface area contributed by atoms with Gasteiger partial charge in [-0.2, -0.15) is 0 Å². The van der Waals surface area contributed by atoms with Crippen molar-refractivity contribution in [2.45, 2.75) is 57.6 Å². The molecule has 1 saturated heterocycles. The number of nitrogens with zero attached hydrogens (tertiary/aromatic N) is 2. The molecule has 1 aromatic carbocycles. The fourth-order valence-corrected chi connectivity index (χ4v) is 4.17. The Balaban J connectivity index is 0.00000320. The second-order valence-corrected chi connectivity index (χ2v) is 8.04. The minimum Gasteiger partial charge on any atom is -0.386 e. The van der Waals surface area contributed by atoms with E-state index in [1.54, 1.807) is 12.1 Å². The predicted octanol–water partition coefficient (Wildman–Crippen LogP) is 3.21. The number of guanidine groups is 1. The van der Waals surface area contributed by atoms with E-state index in [-0.39, 0.29) is 48.3 Å². The van der Waals surface area contributed by atoms with Crippen LogP contribution >= 0.6 is 24.0 Å². The molecule has 0 aromatic heterocycles. The maximum Gasteiger partial charge on any atom is 0.225 e. The maximum atomic E-state index is 13.0. The molecule has 2 unspecified atom stereocenters. The fraction of sp³-hybridized carbons (Fsp3) is 0.636. The molecule has 8 heteroatoms. The van der Waals surface area contributed by atoms with Crippen LogP contribution < -0.4 is 10.6 Å². The standard InChI is InChI=1S/C22H33FN4O2.HI/c1-2-24-22(25-14-20(28)16-8-10-18(23)11-9-16)26-19-12-13-27(15-19)21(29)17-6-4-3-5-7-17;/h8-11,17,19-20,28H,2-7,12-15H2,1H3,(H2,24,25,26);1H. The van der Waals surface area contributed by atoms with Crippen LogP contribution in [-0.4, -0.2) is 54.1 Å². The van der Waals surface area contributed by atoms with E-state index in [4.69, 9.17) is 0 Å². The van der Waals surface area contributed by atoms with Gasteiger partial charge in [0.2, 0.25) is 5.91 Å². The van der Waals surface area contributed by atoms with E-state index in [9.17, 15) is 14.3 Å². The lowest BCUT2D eigenvalue weighted by atomic mass is 9.88. The number of nitrogens with one attached hydrogen (secondary N) is 2. The van der Waals surface area contributed by atoms with Gasteiger partial charge in [-0.25, -0.2) is 4.39 Å². The molecule has 2 atom stereocenters. The first kappa shape index (κ1) is 24.8. The number of hydrogen-bond acceptors (Lipinski definition) is 3. The Morgan fingerprint density at radius 1 is 1.23 bits per heavy atom. The lowest BCUT2D eigenvalue weighted by Gasteiger charge is -2.26. The number of aliphatic imine (C=N–C) groups is 1. The molecule has 1 heterocycles. The Labute approximate surface area is 195 Å². The third kappa shape index (κ3) is 7.08. The highest BCUT2D eigenvalue weighted by molar-refractivity contribution is 14.0. The van der Waals surface area contributed by atoms with Gasteiger partial charge in [-0.05, 0) is 43.9 Å². The monoisotopic (exact) mass is 532 g/mol. The largest absolute Gasteiger partial charge is 0.386 e. The number of likely N-dealkylation sites (tertiary alicyclic amines) is 1. The highest BCUT2D eigenvalue weighted by atomic mass is 127. The zero-order chi connectivity index (χ0) is 20.6. The van der Waals surface area contributed by atoms with Gasteiger partial charge in [0.25, 0.3) is 0 Å². The first-order chi connectivity index (χ1) is 14.1. The lowest BCUT2D eigenvalue weighted by molar-refractivity contribution is -0.135. The average molecular weight is 532 g/mol. The van der Waals surface area contributed by atoms with Gasteiger partial charge in [0, 0.05) is 31.6 Å². The SMILES string of the molecule is CCNC(=NCC(O)c1ccc(F)cc1)NC1CCN(C(=O)C2CCCCC2)C1.I. The summed E-state index contributed by atoms with van der Waals surface area (Å²) in [5.74, 6) is 0.816. The van der Waals surface area contributed by atoms with Crippen LogP contribution in [-0.2, 0) is 4.79 Å². The summed E-state index contributed by atoms with van der Waals surface area (Å²) in [6.07, 6.45) is 5.74. The van der Waals surface area contributed by atoms with Gasteiger partial charge in [-0.1, -0.05) is 31.4 Å². The van der Waals surface area contributed by atoms with Gasteiger partial charge in [-0.3, -0.25) is 9.79 Å². The van der Waals surface area contributed by atoms with Gasteiger partial charge < -0.3 is 20.6 Å². The predicted molar refractivity (Wildman–Crippen MR) is 127 cm³/mol. The molecule has 0 spiro atoms. The van der Waals surface area contributed by atoms with Gasteiger partial charge in [0.05, 0.1) is 12.6 Å². The van der Waals surface area contributed by atoms with Crippen LogP contribution in [0.15, 0.2) is 29.3 Å². The number of carbonyl (C=O) groups is 1. The van der Waals surface area contributed by atoms with E-state index in [1.807, 2.05) is 11.8 Å². The zero-order valence-corrected chi connectivity index (χ0v) is 20.0. The summed E-state index contributed by atoms with van der Waals surface area (Å²) in [5, 5.41) is 16.9. The van der Waals surface area contributed by atoms with Crippen LogP contribution in [0.1, 0.15) is 57.1 Å². The lowest BCUT2D eigenvalue weighted by Crippen LogP contribution is -2.45. The summed E-state index contributed by atoms with van der Waals surface area (Å²) in [4.78, 5) is 19.2. The summed E-state index contributed by atoms with van der Waals surface area (Å²) in [7, 11) is 0. The van der Waals surface area contributed by atoms with Crippen molar-refractivity contribution >= 4 is 35.8 Å². The third-order valence-electron chi connectivity index (χ3n) is 5.82. The number of aliphatic hydroxyl groups excluding tert-OH is 1. The highest BCUT2D eigenvalue weighted by Gasteiger charge is 2.31. The van der Waals surface area contributed by atoms with E-state index >= 15 is 0 Å². The molecule has 2 aliphatic rings. The summed E-state index contributed by atoms with van der Waals surface area (Å²) in [6.45, 7) is 4.35. The second-order valence-electron chi connectivity index (χ2n) is 8.04. The molecule has 2 fully saturated rings. The molecule has 1 amide bonds. The van der Waals surface area contributed by atoms with Crippen LogP contribution in [0.3, 0.4) is 0 Å². The fourth-order valence-electron chi connectivity index (χ4n) is 4.17. The molecule has 1 saturated carbocycles. The molecular formula is C22H34FIN4O2. The Morgan fingerprint density at radius 3 is 2.60 bits per heavy atom. The molecule has 30 heavy (non-hydrogen) atoms. The van der Waals surface area contributed by atoms with E-state index in [0.29, 0.717) is 30.5 Å². The minimum atomic E-state index is -0.793. The Bertz CT molecular complexity index is 695. The number of hydrogen-bond donors (Lipinski definition) is 3. The van der Waals surface area contributed by atoms with Crippen molar-refractivity contribution in [1.29, 1.82) is 0 Å². The van der Waals surface area contributed by atoms with Gasteiger partial charge in [-0.15, -0.1) is 24.0 Å². The first-order valence-electron chi connectivity index (χ1n) is 10.8.